The number of methoxy groups -OCH3 is 1. The van der Waals surface area contributed by atoms with Crippen molar-refractivity contribution in [3.8, 4) is 0 Å². The molecule has 0 atom stereocenters. The summed E-state index contributed by atoms with van der Waals surface area (Å²) in [5.74, 6) is 0.846. The summed E-state index contributed by atoms with van der Waals surface area (Å²) < 4.78 is 17.6. The Morgan fingerprint density at radius 1 is 1.20 bits per heavy atom. The van der Waals surface area contributed by atoms with E-state index >= 15 is 0 Å². The summed E-state index contributed by atoms with van der Waals surface area (Å²) in [4.78, 5) is 27.7. The van der Waals surface area contributed by atoms with Crippen LogP contribution in [0.15, 0.2) is 11.1 Å². The standard InChI is InChI=1S/C13H19N5O5S2/c1-17-13(20)18-9-14-10(11(18)15-16-17)12(19)23-6-8-25-24-7-5-22-4-3-21-2/h9H,3-8H2,1-2H3. The Balaban J connectivity index is 1.68. The molecular weight excluding hydrogens is 370 g/mol. The fraction of sp³-hybridized carbons (Fsp3) is 0.615. The van der Waals surface area contributed by atoms with E-state index in [1.165, 1.54) is 13.4 Å². The first kappa shape index (κ1) is 19.7. The fourth-order valence-corrected chi connectivity index (χ4v) is 3.41. The van der Waals surface area contributed by atoms with Crippen LogP contribution in [-0.4, -0.2) is 75.4 Å². The average molecular weight is 389 g/mol. The van der Waals surface area contributed by atoms with Gasteiger partial charge in [0.15, 0.2) is 11.3 Å². The number of ether oxygens (including phenoxy) is 3. The predicted molar refractivity (Wildman–Crippen MR) is 93.9 cm³/mol. The van der Waals surface area contributed by atoms with Crippen molar-refractivity contribution in [1.29, 1.82) is 0 Å². The van der Waals surface area contributed by atoms with Crippen molar-refractivity contribution in [2.24, 2.45) is 7.05 Å². The van der Waals surface area contributed by atoms with Gasteiger partial charge in [0.05, 0.1) is 19.8 Å². The number of aromatic nitrogens is 5. The lowest BCUT2D eigenvalue weighted by molar-refractivity contribution is 0.0526. The number of rotatable bonds is 11. The van der Waals surface area contributed by atoms with Crippen LogP contribution in [0.4, 0.5) is 0 Å². The number of aryl methyl sites for hydroxylation is 1. The number of esters is 1. The Kier molecular flexibility index (Phi) is 8.18. The number of imidazole rings is 1. The minimum absolute atomic E-state index is 0.0191. The van der Waals surface area contributed by atoms with E-state index in [0.29, 0.717) is 25.6 Å². The largest absolute Gasteiger partial charge is 0.460 e. The van der Waals surface area contributed by atoms with Crippen molar-refractivity contribution < 1.29 is 19.0 Å². The van der Waals surface area contributed by atoms with Gasteiger partial charge in [0.25, 0.3) is 0 Å². The van der Waals surface area contributed by atoms with E-state index in [2.05, 4.69) is 15.3 Å². The van der Waals surface area contributed by atoms with Crippen LogP contribution in [0, 0.1) is 0 Å². The highest BCUT2D eigenvalue weighted by Gasteiger charge is 2.18. The second kappa shape index (κ2) is 10.4. The van der Waals surface area contributed by atoms with Crippen LogP contribution in [0.3, 0.4) is 0 Å². The highest BCUT2D eigenvalue weighted by atomic mass is 33.1. The molecule has 0 aromatic carbocycles. The summed E-state index contributed by atoms with van der Waals surface area (Å²) in [6, 6.07) is 0. The second-order valence-corrected chi connectivity index (χ2v) is 7.37. The monoisotopic (exact) mass is 389 g/mol. The Labute approximate surface area is 151 Å². The van der Waals surface area contributed by atoms with Crippen molar-refractivity contribution in [3.63, 3.8) is 0 Å². The van der Waals surface area contributed by atoms with Gasteiger partial charge in [0, 0.05) is 25.7 Å². The molecule has 138 valence electrons. The van der Waals surface area contributed by atoms with Crippen LogP contribution < -0.4 is 5.69 Å². The van der Waals surface area contributed by atoms with Gasteiger partial charge in [-0.25, -0.2) is 19.0 Å². The van der Waals surface area contributed by atoms with Crippen molar-refractivity contribution in [2.75, 3.05) is 45.0 Å². The molecule has 25 heavy (non-hydrogen) atoms. The molecular formula is C13H19N5O5S2. The van der Waals surface area contributed by atoms with E-state index in [1.54, 1.807) is 28.7 Å². The third-order valence-corrected chi connectivity index (χ3v) is 5.25. The molecule has 0 radical (unpaired) electrons. The number of nitrogens with zero attached hydrogens (tertiary/aromatic N) is 5. The normalized spacial score (nSPS) is 11.1. The molecule has 10 nitrogen and oxygen atoms in total. The van der Waals surface area contributed by atoms with Gasteiger partial charge in [0.2, 0.25) is 0 Å². The summed E-state index contributed by atoms with van der Waals surface area (Å²) in [5, 5.41) is 7.44. The third-order valence-electron chi connectivity index (χ3n) is 2.92. The Morgan fingerprint density at radius 3 is 2.72 bits per heavy atom. The lowest BCUT2D eigenvalue weighted by Crippen LogP contribution is -2.27. The van der Waals surface area contributed by atoms with Gasteiger partial charge < -0.3 is 14.2 Å². The van der Waals surface area contributed by atoms with E-state index in [4.69, 9.17) is 14.2 Å². The Hall–Kier alpha value is -1.63. The highest BCUT2D eigenvalue weighted by molar-refractivity contribution is 8.76. The van der Waals surface area contributed by atoms with Crippen molar-refractivity contribution in [1.82, 2.24) is 24.4 Å². The van der Waals surface area contributed by atoms with E-state index in [0.717, 1.165) is 14.8 Å². The minimum atomic E-state index is -0.626. The smallest absolute Gasteiger partial charge is 0.361 e. The van der Waals surface area contributed by atoms with Crippen molar-refractivity contribution >= 4 is 33.2 Å². The van der Waals surface area contributed by atoms with Gasteiger partial charge in [-0.3, -0.25) is 0 Å². The SMILES string of the molecule is COCCOCCSSCCOC(=O)c1ncn2c(=O)n(C)nnc12. The van der Waals surface area contributed by atoms with Gasteiger partial charge in [-0.2, -0.15) is 4.68 Å². The molecule has 0 unspecified atom stereocenters. The zero-order valence-corrected chi connectivity index (χ0v) is 15.5. The summed E-state index contributed by atoms with van der Waals surface area (Å²) in [6.45, 7) is 2.06. The first-order valence-corrected chi connectivity index (χ1v) is 9.89. The molecule has 2 rings (SSSR count). The van der Waals surface area contributed by atoms with Gasteiger partial charge >= 0.3 is 11.7 Å². The summed E-state index contributed by atoms with van der Waals surface area (Å²) >= 11 is 0. The molecule has 0 bridgehead atoms. The summed E-state index contributed by atoms with van der Waals surface area (Å²) in [5.41, 5.74) is -0.367. The summed E-state index contributed by atoms with van der Waals surface area (Å²) in [7, 11) is 6.32. The van der Waals surface area contributed by atoms with Crippen LogP contribution in [-0.2, 0) is 21.3 Å². The van der Waals surface area contributed by atoms with Crippen LogP contribution in [0.5, 0.6) is 0 Å². The van der Waals surface area contributed by atoms with E-state index in [1.807, 2.05) is 0 Å². The van der Waals surface area contributed by atoms with Gasteiger partial charge in [0.1, 0.15) is 12.9 Å². The molecule has 0 saturated carbocycles. The maximum Gasteiger partial charge on any atom is 0.361 e. The molecule has 0 spiro atoms. The number of fused-ring (bicyclic) bond motifs is 1. The van der Waals surface area contributed by atoms with Crippen LogP contribution in [0.25, 0.3) is 5.65 Å². The summed E-state index contributed by atoms with van der Waals surface area (Å²) in [6.07, 6.45) is 1.23. The molecule has 0 aliphatic carbocycles. The molecule has 0 aliphatic rings. The molecule has 0 aliphatic heterocycles. The molecule has 0 N–H and O–H groups in total. The fourth-order valence-electron chi connectivity index (χ4n) is 1.72. The maximum atomic E-state index is 12.0. The molecule has 2 heterocycles. The van der Waals surface area contributed by atoms with Crippen molar-refractivity contribution in [2.45, 2.75) is 0 Å². The topological polar surface area (TPSA) is 110 Å². The van der Waals surface area contributed by atoms with Gasteiger partial charge in [-0.15, -0.1) is 5.10 Å². The highest BCUT2D eigenvalue weighted by Crippen LogP contribution is 2.20. The van der Waals surface area contributed by atoms with Crippen molar-refractivity contribution in [3.05, 3.63) is 22.5 Å². The molecule has 0 fully saturated rings. The first-order chi connectivity index (χ1) is 12.1. The molecule has 12 heteroatoms. The Morgan fingerprint density at radius 2 is 1.96 bits per heavy atom. The number of carbonyl (C=O) groups excluding carboxylic acids is 1. The van der Waals surface area contributed by atoms with Crippen LogP contribution in [0.2, 0.25) is 0 Å². The molecule has 2 aromatic rings. The van der Waals surface area contributed by atoms with Gasteiger partial charge in [-0.1, -0.05) is 26.8 Å². The lowest BCUT2D eigenvalue weighted by atomic mass is 10.4. The van der Waals surface area contributed by atoms with E-state index < -0.39 is 11.7 Å². The molecule has 0 amide bonds. The minimum Gasteiger partial charge on any atom is -0.460 e. The number of hydrogen-bond donors (Lipinski definition) is 0. The predicted octanol–water partition coefficient (Wildman–Crippen LogP) is 0.0242. The van der Waals surface area contributed by atoms with E-state index in [9.17, 15) is 9.59 Å². The lowest BCUT2D eigenvalue weighted by Gasteiger charge is -2.04. The average Bonchev–Trinajstić information content (AvgIpc) is 3.04. The molecule has 0 saturated heterocycles. The third kappa shape index (κ3) is 5.70. The Bertz CT molecular complexity index is 750. The zero-order chi connectivity index (χ0) is 18.1. The first-order valence-electron chi connectivity index (χ1n) is 7.40. The second-order valence-electron chi connectivity index (χ2n) is 4.67. The van der Waals surface area contributed by atoms with E-state index in [-0.39, 0.29) is 17.9 Å². The van der Waals surface area contributed by atoms with Crippen LogP contribution in [0.1, 0.15) is 10.5 Å². The van der Waals surface area contributed by atoms with Crippen LogP contribution >= 0.6 is 21.6 Å². The number of hydrogen-bond acceptors (Lipinski definition) is 10. The van der Waals surface area contributed by atoms with Gasteiger partial charge in [-0.05, 0) is 0 Å². The number of carbonyl (C=O) groups is 1. The quantitative estimate of drug-likeness (QED) is 0.296. The maximum absolute atomic E-state index is 12.0. The molecule has 2 aromatic heterocycles. The zero-order valence-electron chi connectivity index (χ0n) is 13.9.